The molecule has 2 aromatic carbocycles. The second-order valence-electron chi connectivity index (χ2n) is 6.19. The molecular formula is C18H18Cl2N2O4S. The molecule has 1 aliphatic heterocycles. The molecule has 6 nitrogen and oxygen atoms in total. The van der Waals surface area contributed by atoms with Crippen LogP contribution < -0.4 is 4.72 Å². The molecule has 0 bridgehead atoms. The summed E-state index contributed by atoms with van der Waals surface area (Å²) >= 11 is 11.8. The third-order valence-electron chi connectivity index (χ3n) is 4.10. The van der Waals surface area contributed by atoms with Gasteiger partial charge >= 0.3 is 0 Å². The lowest BCUT2D eigenvalue weighted by molar-refractivity contribution is -0.0124. The summed E-state index contributed by atoms with van der Waals surface area (Å²) in [7, 11) is -3.91. The van der Waals surface area contributed by atoms with Gasteiger partial charge in [-0.3, -0.25) is 9.52 Å². The minimum Gasteiger partial charge on any atom is -0.375 e. The summed E-state index contributed by atoms with van der Waals surface area (Å²) in [5.74, 6) is -0.113. The molecule has 0 aromatic heterocycles. The average molecular weight is 429 g/mol. The van der Waals surface area contributed by atoms with E-state index in [1.165, 1.54) is 30.3 Å². The van der Waals surface area contributed by atoms with E-state index in [9.17, 15) is 13.2 Å². The highest BCUT2D eigenvalue weighted by molar-refractivity contribution is 7.92. The number of morpholine rings is 1. The highest BCUT2D eigenvalue weighted by Gasteiger charge is 2.23. The first-order valence-electron chi connectivity index (χ1n) is 8.25. The van der Waals surface area contributed by atoms with Crippen LogP contribution in [0.1, 0.15) is 17.3 Å². The largest absolute Gasteiger partial charge is 0.375 e. The summed E-state index contributed by atoms with van der Waals surface area (Å²) in [5, 5.41) is 0.334. The van der Waals surface area contributed by atoms with Crippen molar-refractivity contribution in [1.29, 1.82) is 0 Å². The number of halogens is 2. The van der Waals surface area contributed by atoms with Gasteiger partial charge in [-0.25, -0.2) is 8.42 Å². The lowest BCUT2D eigenvalue weighted by Crippen LogP contribution is -2.44. The predicted octanol–water partition coefficient (Wildman–Crippen LogP) is 3.66. The summed E-state index contributed by atoms with van der Waals surface area (Å²) in [6.45, 7) is 3.48. The molecule has 1 N–H and O–H groups in total. The normalized spacial score (nSPS) is 17.6. The first-order valence-corrected chi connectivity index (χ1v) is 10.5. The van der Waals surface area contributed by atoms with Gasteiger partial charge in [-0.2, -0.15) is 0 Å². The van der Waals surface area contributed by atoms with Crippen molar-refractivity contribution in [1.82, 2.24) is 4.90 Å². The molecule has 9 heteroatoms. The Morgan fingerprint density at radius 1 is 1.19 bits per heavy atom. The maximum atomic E-state index is 12.5. The van der Waals surface area contributed by atoms with E-state index in [1.54, 1.807) is 17.0 Å². The molecule has 1 atom stereocenters. The lowest BCUT2D eigenvalue weighted by atomic mass is 10.1. The number of carbonyl (C=O) groups excluding carboxylic acids is 1. The van der Waals surface area contributed by atoms with E-state index in [-0.39, 0.29) is 27.0 Å². The zero-order valence-electron chi connectivity index (χ0n) is 14.5. The van der Waals surface area contributed by atoms with Crippen molar-refractivity contribution in [3.63, 3.8) is 0 Å². The van der Waals surface area contributed by atoms with Gasteiger partial charge in [-0.1, -0.05) is 23.2 Å². The Balaban J connectivity index is 1.75. The van der Waals surface area contributed by atoms with E-state index in [2.05, 4.69) is 4.72 Å². The smallest absolute Gasteiger partial charge is 0.263 e. The van der Waals surface area contributed by atoms with E-state index in [0.717, 1.165) is 0 Å². The number of carbonyl (C=O) groups is 1. The van der Waals surface area contributed by atoms with E-state index >= 15 is 0 Å². The van der Waals surface area contributed by atoms with Gasteiger partial charge in [-0.05, 0) is 49.4 Å². The van der Waals surface area contributed by atoms with Crippen LogP contribution in [0.25, 0.3) is 0 Å². The van der Waals surface area contributed by atoms with Crippen molar-refractivity contribution in [3.8, 4) is 0 Å². The Bertz CT molecular complexity index is 948. The molecule has 1 fully saturated rings. The topological polar surface area (TPSA) is 75.7 Å². The van der Waals surface area contributed by atoms with Gasteiger partial charge in [-0.15, -0.1) is 0 Å². The average Bonchev–Trinajstić information content (AvgIpc) is 2.63. The van der Waals surface area contributed by atoms with Crippen LogP contribution in [0.15, 0.2) is 47.4 Å². The zero-order valence-corrected chi connectivity index (χ0v) is 16.8. The summed E-state index contributed by atoms with van der Waals surface area (Å²) in [5.41, 5.74) is 0.797. The minimum absolute atomic E-state index is 0.00349. The summed E-state index contributed by atoms with van der Waals surface area (Å²) in [6.07, 6.45) is -0.00349. The second kappa shape index (κ2) is 8.06. The first-order chi connectivity index (χ1) is 12.8. The molecule has 1 aliphatic rings. The van der Waals surface area contributed by atoms with Crippen molar-refractivity contribution < 1.29 is 17.9 Å². The van der Waals surface area contributed by atoms with Crippen LogP contribution in [-0.4, -0.2) is 45.0 Å². The molecule has 0 spiro atoms. The summed E-state index contributed by atoms with van der Waals surface area (Å²) in [4.78, 5) is 14.2. The molecule has 0 radical (unpaired) electrons. The number of nitrogens with one attached hydrogen (secondary N) is 1. The highest BCUT2D eigenvalue weighted by atomic mass is 35.5. The maximum absolute atomic E-state index is 12.5. The molecular weight excluding hydrogens is 411 g/mol. The van der Waals surface area contributed by atoms with Crippen LogP contribution in [-0.2, 0) is 14.8 Å². The zero-order chi connectivity index (χ0) is 19.6. The van der Waals surface area contributed by atoms with E-state index < -0.39 is 10.0 Å². The number of hydrogen-bond acceptors (Lipinski definition) is 4. The van der Waals surface area contributed by atoms with Crippen molar-refractivity contribution in [2.45, 2.75) is 17.9 Å². The van der Waals surface area contributed by atoms with Gasteiger partial charge in [0.05, 0.1) is 17.7 Å². The number of amides is 1. The number of anilines is 1. The Morgan fingerprint density at radius 2 is 1.89 bits per heavy atom. The second-order valence-corrected chi connectivity index (χ2v) is 8.68. The molecule has 1 saturated heterocycles. The van der Waals surface area contributed by atoms with Gasteiger partial charge in [0.2, 0.25) is 0 Å². The Morgan fingerprint density at radius 3 is 2.56 bits per heavy atom. The van der Waals surface area contributed by atoms with Gasteiger partial charge < -0.3 is 9.64 Å². The third kappa shape index (κ3) is 4.73. The van der Waals surface area contributed by atoms with Gasteiger partial charge in [0.25, 0.3) is 15.9 Å². The molecule has 0 aliphatic carbocycles. The Labute approximate surface area is 168 Å². The molecule has 1 heterocycles. The van der Waals surface area contributed by atoms with Gasteiger partial charge in [0.1, 0.15) is 4.90 Å². The fourth-order valence-electron chi connectivity index (χ4n) is 2.76. The summed E-state index contributed by atoms with van der Waals surface area (Å²) in [6, 6.07) is 10.4. The Hall–Kier alpha value is -1.80. The van der Waals surface area contributed by atoms with Gasteiger partial charge in [0, 0.05) is 29.4 Å². The number of nitrogens with zero attached hydrogens (tertiary/aromatic N) is 1. The van der Waals surface area contributed by atoms with Crippen LogP contribution in [0.5, 0.6) is 0 Å². The molecule has 144 valence electrons. The Kier molecular flexibility index (Phi) is 5.95. The molecule has 0 saturated carbocycles. The minimum atomic E-state index is -3.91. The van der Waals surface area contributed by atoms with Crippen molar-refractivity contribution in [2.24, 2.45) is 0 Å². The fraction of sp³-hybridized carbons (Fsp3) is 0.278. The van der Waals surface area contributed by atoms with E-state index in [1.807, 2.05) is 6.92 Å². The summed E-state index contributed by atoms with van der Waals surface area (Å²) < 4.78 is 32.9. The number of sulfonamides is 1. The standard InChI is InChI=1S/C18H18Cl2N2O4S/c1-12-11-22(8-9-26-12)18(23)13-2-5-15(6-3-13)21-27(24,25)17-10-14(19)4-7-16(17)20/h2-7,10,12,21H,8-9,11H2,1H3. The van der Waals surface area contributed by atoms with Crippen LogP contribution in [0.3, 0.4) is 0 Å². The van der Waals surface area contributed by atoms with Crippen LogP contribution in [0.2, 0.25) is 10.0 Å². The number of hydrogen-bond donors (Lipinski definition) is 1. The quantitative estimate of drug-likeness (QED) is 0.805. The number of benzene rings is 2. The monoisotopic (exact) mass is 428 g/mol. The number of ether oxygens (including phenoxy) is 1. The van der Waals surface area contributed by atoms with Crippen LogP contribution in [0.4, 0.5) is 5.69 Å². The SMILES string of the molecule is CC1CN(C(=O)c2ccc(NS(=O)(=O)c3cc(Cl)ccc3Cl)cc2)CCO1. The predicted molar refractivity (Wildman–Crippen MR) is 105 cm³/mol. The third-order valence-corrected chi connectivity index (χ3v) is 6.19. The number of rotatable bonds is 4. The molecule has 3 rings (SSSR count). The molecule has 2 aromatic rings. The van der Waals surface area contributed by atoms with Crippen molar-refractivity contribution in [2.75, 3.05) is 24.4 Å². The van der Waals surface area contributed by atoms with Crippen molar-refractivity contribution in [3.05, 3.63) is 58.1 Å². The molecule has 1 amide bonds. The maximum Gasteiger partial charge on any atom is 0.263 e. The van der Waals surface area contributed by atoms with Crippen LogP contribution in [0, 0.1) is 0 Å². The van der Waals surface area contributed by atoms with E-state index in [4.69, 9.17) is 27.9 Å². The van der Waals surface area contributed by atoms with Crippen LogP contribution >= 0.6 is 23.2 Å². The first kappa shape index (κ1) is 19.9. The van der Waals surface area contributed by atoms with Crippen molar-refractivity contribution >= 4 is 44.8 Å². The van der Waals surface area contributed by atoms with Gasteiger partial charge in [0.15, 0.2) is 0 Å². The molecule has 1 unspecified atom stereocenters. The lowest BCUT2D eigenvalue weighted by Gasteiger charge is -2.31. The highest BCUT2D eigenvalue weighted by Crippen LogP contribution is 2.27. The molecule has 27 heavy (non-hydrogen) atoms. The fourth-order valence-corrected chi connectivity index (χ4v) is 4.58. The van der Waals surface area contributed by atoms with E-state index in [0.29, 0.717) is 30.9 Å².